The maximum absolute atomic E-state index is 11.3. The van der Waals surface area contributed by atoms with E-state index < -0.39 is 11.6 Å². The SMILES string of the molecule is CC(C)(C)OC(=O)Cn1nnc(C=O)n1. The molecule has 0 fully saturated rings. The zero-order chi connectivity index (χ0) is 11.5. The van der Waals surface area contributed by atoms with Crippen molar-refractivity contribution in [3.05, 3.63) is 5.82 Å². The Bertz CT molecular complexity index is 366. The number of nitrogens with zero attached hydrogens (tertiary/aromatic N) is 4. The second-order valence-corrected chi connectivity index (χ2v) is 3.88. The van der Waals surface area contributed by atoms with Gasteiger partial charge in [-0.1, -0.05) is 0 Å². The van der Waals surface area contributed by atoms with Gasteiger partial charge in [0.1, 0.15) is 5.60 Å². The van der Waals surface area contributed by atoms with E-state index in [1.165, 1.54) is 0 Å². The van der Waals surface area contributed by atoms with E-state index in [2.05, 4.69) is 15.4 Å². The molecule has 0 unspecified atom stereocenters. The molecule has 0 spiro atoms. The van der Waals surface area contributed by atoms with Crippen molar-refractivity contribution in [1.82, 2.24) is 20.2 Å². The molecule has 0 atom stereocenters. The monoisotopic (exact) mass is 212 g/mol. The van der Waals surface area contributed by atoms with Crippen molar-refractivity contribution in [2.75, 3.05) is 0 Å². The number of rotatable bonds is 3. The number of carbonyl (C=O) groups excluding carboxylic acids is 2. The van der Waals surface area contributed by atoms with Crippen LogP contribution in [-0.4, -0.2) is 38.1 Å². The lowest BCUT2D eigenvalue weighted by Gasteiger charge is -2.18. The third-order valence-electron chi connectivity index (χ3n) is 1.26. The van der Waals surface area contributed by atoms with Gasteiger partial charge in [-0.15, -0.1) is 10.2 Å². The third kappa shape index (κ3) is 3.84. The highest BCUT2D eigenvalue weighted by atomic mass is 16.6. The summed E-state index contributed by atoms with van der Waals surface area (Å²) < 4.78 is 5.03. The van der Waals surface area contributed by atoms with Crippen molar-refractivity contribution in [3.63, 3.8) is 0 Å². The van der Waals surface area contributed by atoms with Crippen LogP contribution >= 0.6 is 0 Å². The first kappa shape index (κ1) is 11.3. The van der Waals surface area contributed by atoms with E-state index >= 15 is 0 Å². The maximum Gasteiger partial charge on any atom is 0.330 e. The number of aromatic nitrogens is 4. The fourth-order valence-corrected chi connectivity index (χ4v) is 0.859. The molecule has 82 valence electrons. The van der Waals surface area contributed by atoms with E-state index in [-0.39, 0.29) is 12.4 Å². The third-order valence-corrected chi connectivity index (χ3v) is 1.26. The van der Waals surface area contributed by atoms with E-state index in [1.54, 1.807) is 20.8 Å². The normalized spacial score (nSPS) is 11.1. The molecule has 0 saturated heterocycles. The second kappa shape index (κ2) is 4.16. The Hall–Kier alpha value is -1.79. The smallest absolute Gasteiger partial charge is 0.330 e. The molecule has 7 heteroatoms. The number of ether oxygens (including phenoxy) is 1. The van der Waals surface area contributed by atoms with E-state index in [0.29, 0.717) is 6.29 Å². The quantitative estimate of drug-likeness (QED) is 0.510. The largest absolute Gasteiger partial charge is 0.459 e. The summed E-state index contributed by atoms with van der Waals surface area (Å²) in [5.41, 5.74) is -0.550. The number of esters is 1. The highest BCUT2D eigenvalue weighted by Crippen LogP contribution is 2.06. The van der Waals surface area contributed by atoms with Crippen LogP contribution < -0.4 is 0 Å². The van der Waals surface area contributed by atoms with Crippen molar-refractivity contribution in [1.29, 1.82) is 0 Å². The molecule has 1 heterocycles. The predicted octanol–water partition coefficient (Wildman–Crippen LogP) is -0.173. The Labute approximate surface area is 86.4 Å². The molecular weight excluding hydrogens is 200 g/mol. The standard InChI is InChI=1S/C8H12N4O3/c1-8(2,3)15-7(14)4-12-10-6(5-13)9-11-12/h5H,4H2,1-3H3. The van der Waals surface area contributed by atoms with Gasteiger partial charge in [0.05, 0.1) is 0 Å². The summed E-state index contributed by atoms with van der Waals surface area (Å²) in [4.78, 5) is 22.5. The Balaban J connectivity index is 2.55. The van der Waals surface area contributed by atoms with Crippen molar-refractivity contribution >= 4 is 12.3 Å². The van der Waals surface area contributed by atoms with Crippen LogP contribution in [0.15, 0.2) is 0 Å². The highest BCUT2D eigenvalue weighted by Gasteiger charge is 2.17. The number of aldehydes is 1. The first-order chi connectivity index (χ1) is 6.90. The summed E-state index contributed by atoms with van der Waals surface area (Å²) in [7, 11) is 0. The molecule has 0 aromatic carbocycles. The minimum absolute atomic E-state index is 0.0569. The Morgan fingerprint density at radius 1 is 1.53 bits per heavy atom. The zero-order valence-corrected chi connectivity index (χ0v) is 8.80. The molecule has 0 bridgehead atoms. The van der Waals surface area contributed by atoms with Gasteiger partial charge in [0.25, 0.3) is 0 Å². The first-order valence-corrected chi connectivity index (χ1v) is 4.35. The minimum Gasteiger partial charge on any atom is -0.459 e. The molecule has 0 N–H and O–H groups in total. The van der Waals surface area contributed by atoms with Crippen molar-refractivity contribution < 1.29 is 14.3 Å². The van der Waals surface area contributed by atoms with Gasteiger partial charge in [-0.2, -0.15) is 4.80 Å². The number of hydrogen-bond acceptors (Lipinski definition) is 6. The lowest BCUT2D eigenvalue weighted by atomic mass is 10.2. The summed E-state index contributed by atoms with van der Waals surface area (Å²) in [5.74, 6) is -0.532. The topological polar surface area (TPSA) is 87.0 Å². The van der Waals surface area contributed by atoms with Crippen molar-refractivity contribution in [3.8, 4) is 0 Å². The molecule has 7 nitrogen and oxygen atoms in total. The molecular formula is C8H12N4O3. The molecule has 1 aromatic heterocycles. The highest BCUT2D eigenvalue weighted by molar-refractivity contribution is 5.70. The lowest BCUT2D eigenvalue weighted by molar-refractivity contribution is -0.156. The average Bonchev–Trinajstić information content (AvgIpc) is 2.48. The Kier molecular flexibility index (Phi) is 3.13. The van der Waals surface area contributed by atoms with Crippen LogP contribution in [0.5, 0.6) is 0 Å². The van der Waals surface area contributed by atoms with E-state index in [0.717, 1.165) is 4.80 Å². The van der Waals surface area contributed by atoms with E-state index in [4.69, 9.17) is 4.74 Å². The summed E-state index contributed by atoms with van der Waals surface area (Å²) in [6, 6.07) is 0. The van der Waals surface area contributed by atoms with Crippen LogP contribution in [-0.2, 0) is 16.1 Å². The number of tetrazole rings is 1. The lowest BCUT2D eigenvalue weighted by Crippen LogP contribution is -2.27. The fourth-order valence-electron chi connectivity index (χ4n) is 0.859. The molecule has 0 aliphatic carbocycles. The van der Waals surface area contributed by atoms with Gasteiger partial charge >= 0.3 is 5.97 Å². The molecule has 1 rings (SSSR count). The van der Waals surface area contributed by atoms with Crippen LogP contribution in [0.3, 0.4) is 0 Å². The van der Waals surface area contributed by atoms with Gasteiger partial charge in [0, 0.05) is 0 Å². The summed E-state index contributed by atoms with van der Waals surface area (Å²) in [5, 5.41) is 10.5. The maximum atomic E-state index is 11.3. The Morgan fingerprint density at radius 2 is 2.20 bits per heavy atom. The zero-order valence-electron chi connectivity index (χ0n) is 8.80. The van der Waals surface area contributed by atoms with Crippen LogP contribution in [0.2, 0.25) is 0 Å². The number of hydrogen-bond donors (Lipinski definition) is 0. The van der Waals surface area contributed by atoms with Gasteiger partial charge in [0.2, 0.25) is 5.82 Å². The van der Waals surface area contributed by atoms with Crippen LogP contribution in [0.1, 0.15) is 31.4 Å². The minimum atomic E-state index is -0.550. The molecule has 0 saturated carbocycles. The summed E-state index contributed by atoms with van der Waals surface area (Å²) >= 11 is 0. The van der Waals surface area contributed by atoms with Gasteiger partial charge < -0.3 is 4.74 Å². The van der Waals surface area contributed by atoms with E-state index in [9.17, 15) is 9.59 Å². The average molecular weight is 212 g/mol. The van der Waals surface area contributed by atoms with Gasteiger partial charge in [-0.05, 0) is 26.0 Å². The predicted molar refractivity (Wildman–Crippen MR) is 49.0 cm³/mol. The molecule has 0 amide bonds. The molecule has 0 aliphatic heterocycles. The molecule has 0 radical (unpaired) electrons. The van der Waals surface area contributed by atoms with E-state index in [1.807, 2.05) is 0 Å². The number of carbonyl (C=O) groups is 2. The molecule has 0 aliphatic rings. The Morgan fingerprint density at radius 3 is 2.67 bits per heavy atom. The van der Waals surface area contributed by atoms with Gasteiger partial charge in [0.15, 0.2) is 12.8 Å². The molecule has 15 heavy (non-hydrogen) atoms. The summed E-state index contributed by atoms with van der Waals surface area (Å²) in [6.07, 6.45) is 0.457. The van der Waals surface area contributed by atoms with Gasteiger partial charge in [-0.3, -0.25) is 4.79 Å². The van der Waals surface area contributed by atoms with Crippen LogP contribution in [0, 0.1) is 0 Å². The molecule has 1 aromatic rings. The summed E-state index contributed by atoms with van der Waals surface area (Å²) in [6.45, 7) is 5.13. The van der Waals surface area contributed by atoms with Crippen LogP contribution in [0.25, 0.3) is 0 Å². The first-order valence-electron chi connectivity index (χ1n) is 4.35. The van der Waals surface area contributed by atoms with Crippen molar-refractivity contribution in [2.45, 2.75) is 32.9 Å². The van der Waals surface area contributed by atoms with Crippen molar-refractivity contribution in [2.24, 2.45) is 0 Å². The fraction of sp³-hybridized carbons (Fsp3) is 0.625. The second-order valence-electron chi connectivity index (χ2n) is 3.88. The van der Waals surface area contributed by atoms with Crippen LogP contribution in [0.4, 0.5) is 0 Å². The van der Waals surface area contributed by atoms with Gasteiger partial charge in [-0.25, -0.2) is 4.79 Å².